The first kappa shape index (κ1) is 18.8. The number of fused-ring (bicyclic) bond motifs is 2. The minimum absolute atomic E-state index is 0.164. The van der Waals surface area contributed by atoms with E-state index in [9.17, 15) is 4.79 Å². The van der Waals surface area contributed by atoms with Crippen molar-refractivity contribution in [3.05, 3.63) is 48.4 Å². The molecule has 9 heteroatoms. The van der Waals surface area contributed by atoms with Crippen molar-refractivity contribution >= 4 is 38.7 Å². The van der Waals surface area contributed by atoms with Gasteiger partial charge in [0.25, 0.3) is 5.19 Å². The van der Waals surface area contributed by atoms with Crippen LogP contribution in [0.15, 0.2) is 47.2 Å². The molecule has 1 fully saturated rings. The van der Waals surface area contributed by atoms with Crippen LogP contribution in [0.2, 0.25) is 0 Å². The summed E-state index contributed by atoms with van der Waals surface area (Å²) in [5.41, 5.74) is 7.83. The van der Waals surface area contributed by atoms with Crippen LogP contribution in [0.5, 0.6) is 10.9 Å². The number of nitrogens with zero attached hydrogens (tertiary/aromatic N) is 3. The predicted molar refractivity (Wildman–Crippen MR) is 115 cm³/mol. The Bertz CT molecular complexity index is 1160. The minimum Gasteiger partial charge on any atom is -0.464 e. The van der Waals surface area contributed by atoms with Gasteiger partial charge in [-0.05, 0) is 37.1 Å². The molecule has 0 bridgehead atoms. The average Bonchev–Trinajstić information content (AvgIpc) is 3.32. The molecule has 4 aromatic rings. The van der Waals surface area contributed by atoms with Gasteiger partial charge in [0, 0.05) is 48.9 Å². The SMILES string of the molecule is NC(=O)NC1CCN(Cc2coc3cc(Oc4nc5ncccc5s4)ccc23)CC1. The van der Waals surface area contributed by atoms with E-state index in [1.807, 2.05) is 36.6 Å². The summed E-state index contributed by atoms with van der Waals surface area (Å²) < 4.78 is 12.7. The topological polar surface area (TPSA) is 107 Å². The molecule has 0 saturated carbocycles. The number of piperidine rings is 1. The van der Waals surface area contributed by atoms with E-state index in [0.29, 0.717) is 16.6 Å². The Kier molecular flexibility index (Phi) is 4.97. The molecule has 1 aliphatic heterocycles. The molecule has 8 nitrogen and oxygen atoms in total. The maximum absolute atomic E-state index is 11.0. The Hall–Kier alpha value is -3.17. The maximum Gasteiger partial charge on any atom is 0.312 e. The molecule has 1 aliphatic rings. The van der Waals surface area contributed by atoms with Gasteiger partial charge >= 0.3 is 6.03 Å². The van der Waals surface area contributed by atoms with E-state index in [0.717, 1.165) is 53.7 Å². The highest BCUT2D eigenvalue weighted by Gasteiger charge is 2.21. The van der Waals surface area contributed by atoms with Crippen molar-refractivity contribution in [1.82, 2.24) is 20.2 Å². The smallest absolute Gasteiger partial charge is 0.312 e. The number of carbonyl (C=O) groups excluding carboxylic acids is 1. The quantitative estimate of drug-likeness (QED) is 0.505. The summed E-state index contributed by atoms with van der Waals surface area (Å²) in [5.74, 6) is 0.681. The molecule has 5 rings (SSSR count). The fourth-order valence-electron chi connectivity index (χ4n) is 3.82. The molecule has 0 unspecified atom stereocenters. The van der Waals surface area contributed by atoms with Gasteiger partial charge in [0.2, 0.25) is 0 Å². The number of pyridine rings is 1. The number of aromatic nitrogens is 2. The first-order chi connectivity index (χ1) is 14.6. The number of carbonyl (C=O) groups is 1. The highest BCUT2D eigenvalue weighted by Crippen LogP contribution is 2.33. The van der Waals surface area contributed by atoms with Crippen LogP contribution in [0.3, 0.4) is 0 Å². The molecule has 2 amide bonds. The van der Waals surface area contributed by atoms with E-state index in [-0.39, 0.29) is 6.04 Å². The fraction of sp³-hybridized carbons (Fsp3) is 0.286. The van der Waals surface area contributed by atoms with Gasteiger partial charge in [0.15, 0.2) is 5.65 Å². The molecule has 0 aliphatic carbocycles. The van der Waals surface area contributed by atoms with Gasteiger partial charge in [-0.15, -0.1) is 0 Å². The summed E-state index contributed by atoms with van der Waals surface area (Å²) in [5, 5.41) is 4.43. The number of benzene rings is 1. The number of nitrogens with one attached hydrogen (secondary N) is 1. The summed E-state index contributed by atoms with van der Waals surface area (Å²) in [6.07, 6.45) is 5.32. The zero-order valence-corrected chi connectivity index (χ0v) is 17.0. The van der Waals surface area contributed by atoms with Crippen LogP contribution in [0.4, 0.5) is 4.79 Å². The Morgan fingerprint density at radius 1 is 1.33 bits per heavy atom. The highest BCUT2D eigenvalue weighted by atomic mass is 32.1. The third kappa shape index (κ3) is 3.94. The van der Waals surface area contributed by atoms with Crippen molar-refractivity contribution < 1.29 is 13.9 Å². The average molecular weight is 423 g/mol. The van der Waals surface area contributed by atoms with Crippen LogP contribution in [-0.4, -0.2) is 40.0 Å². The highest BCUT2D eigenvalue weighted by molar-refractivity contribution is 7.20. The van der Waals surface area contributed by atoms with Gasteiger partial charge < -0.3 is 20.2 Å². The normalized spacial score (nSPS) is 15.6. The number of rotatable bonds is 5. The Morgan fingerprint density at radius 2 is 2.20 bits per heavy atom. The molecule has 154 valence electrons. The van der Waals surface area contributed by atoms with Gasteiger partial charge in [-0.1, -0.05) is 11.3 Å². The van der Waals surface area contributed by atoms with Gasteiger partial charge in [0.1, 0.15) is 11.3 Å². The summed E-state index contributed by atoms with van der Waals surface area (Å²) in [7, 11) is 0. The molecule has 1 aromatic carbocycles. The van der Waals surface area contributed by atoms with Crippen molar-refractivity contribution in [2.75, 3.05) is 13.1 Å². The third-order valence-corrected chi connectivity index (χ3v) is 6.19. The van der Waals surface area contributed by atoms with E-state index in [1.54, 1.807) is 6.20 Å². The standard InChI is InChI=1S/C21H21N5O3S/c22-20(27)24-14-5-8-26(9-6-14)11-13-12-28-17-10-15(3-4-16(13)17)29-21-25-19-18(30-21)2-1-7-23-19/h1-4,7,10,12,14H,5-6,8-9,11H2,(H3,22,24,27). The molecule has 4 heterocycles. The number of amides is 2. The van der Waals surface area contributed by atoms with Gasteiger partial charge in [-0.3, -0.25) is 4.90 Å². The summed E-state index contributed by atoms with van der Waals surface area (Å²) >= 11 is 1.46. The largest absolute Gasteiger partial charge is 0.464 e. The van der Waals surface area contributed by atoms with Crippen molar-refractivity contribution in [2.24, 2.45) is 5.73 Å². The van der Waals surface area contributed by atoms with Crippen LogP contribution >= 0.6 is 11.3 Å². The number of ether oxygens (including phenoxy) is 1. The van der Waals surface area contributed by atoms with Gasteiger partial charge in [0.05, 0.1) is 11.0 Å². The summed E-state index contributed by atoms with van der Waals surface area (Å²) in [4.78, 5) is 22.0. The monoisotopic (exact) mass is 423 g/mol. The van der Waals surface area contributed by atoms with Gasteiger partial charge in [-0.2, -0.15) is 4.98 Å². The third-order valence-electron chi connectivity index (χ3n) is 5.31. The van der Waals surface area contributed by atoms with E-state index < -0.39 is 6.03 Å². The van der Waals surface area contributed by atoms with Crippen LogP contribution in [-0.2, 0) is 6.54 Å². The number of hydrogen-bond acceptors (Lipinski definition) is 7. The number of urea groups is 1. The lowest BCUT2D eigenvalue weighted by Crippen LogP contribution is -2.46. The Balaban J connectivity index is 1.26. The predicted octanol–water partition coefficient (Wildman–Crippen LogP) is 3.86. The molecular formula is C21H21N5O3S. The number of primary amides is 1. The van der Waals surface area contributed by atoms with Crippen molar-refractivity contribution in [3.63, 3.8) is 0 Å². The lowest BCUT2D eigenvalue weighted by molar-refractivity contribution is 0.189. The molecule has 0 radical (unpaired) electrons. The lowest BCUT2D eigenvalue weighted by atomic mass is 10.0. The van der Waals surface area contributed by atoms with Crippen molar-refractivity contribution in [2.45, 2.75) is 25.4 Å². The Morgan fingerprint density at radius 3 is 3.00 bits per heavy atom. The second-order valence-electron chi connectivity index (χ2n) is 7.38. The van der Waals surface area contributed by atoms with Crippen LogP contribution in [0.1, 0.15) is 18.4 Å². The van der Waals surface area contributed by atoms with Gasteiger partial charge in [-0.25, -0.2) is 9.78 Å². The lowest BCUT2D eigenvalue weighted by Gasteiger charge is -2.31. The van der Waals surface area contributed by atoms with Crippen molar-refractivity contribution in [1.29, 1.82) is 0 Å². The molecule has 30 heavy (non-hydrogen) atoms. The number of nitrogens with two attached hydrogens (primary N) is 1. The molecular weight excluding hydrogens is 402 g/mol. The molecule has 3 aromatic heterocycles. The number of thiazole rings is 1. The Labute approximate surface area is 176 Å². The van der Waals surface area contributed by atoms with E-state index in [4.69, 9.17) is 14.9 Å². The zero-order valence-electron chi connectivity index (χ0n) is 16.2. The summed E-state index contributed by atoms with van der Waals surface area (Å²) in [6.45, 7) is 2.62. The first-order valence-electron chi connectivity index (χ1n) is 9.82. The number of hydrogen-bond donors (Lipinski definition) is 2. The second kappa shape index (κ2) is 7.92. The van der Waals surface area contributed by atoms with E-state index in [2.05, 4.69) is 20.2 Å². The molecule has 3 N–H and O–H groups in total. The zero-order chi connectivity index (χ0) is 20.5. The maximum atomic E-state index is 11.0. The van der Waals surface area contributed by atoms with E-state index in [1.165, 1.54) is 11.3 Å². The minimum atomic E-state index is -0.450. The number of furan rings is 1. The van der Waals surface area contributed by atoms with Crippen LogP contribution in [0.25, 0.3) is 21.3 Å². The fourth-order valence-corrected chi connectivity index (χ4v) is 4.62. The summed E-state index contributed by atoms with van der Waals surface area (Å²) in [6, 6.07) is 9.42. The molecule has 1 saturated heterocycles. The number of likely N-dealkylation sites (tertiary alicyclic amines) is 1. The first-order valence-corrected chi connectivity index (χ1v) is 10.6. The van der Waals surface area contributed by atoms with Crippen LogP contribution < -0.4 is 15.8 Å². The molecule has 0 spiro atoms. The van der Waals surface area contributed by atoms with E-state index >= 15 is 0 Å². The second-order valence-corrected chi connectivity index (χ2v) is 8.38. The van der Waals surface area contributed by atoms with Crippen molar-refractivity contribution in [3.8, 4) is 10.9 Å². The van der Waals surface area contributed by atoms with Crippen LogP contribution in [0, 0.1) is 0 Å². The molecule has 0 atom stereocenters.